The zero-order valence-electron chi connectivity index (χ0n) is 14.6. The fourth-order valence-electron chi connectivity index (χ4n) is 2.62. The number of hydrogen-bond donors (Lipinski definition) is 1. The van der Waals surface area contributed by atoms with Gasteiger partial charge < -0.3 is 14.8 Å². The Hall–Kier alpha value is -1.52. The predicted molar refractivity (Wildman–Crippen MR) is 103 cm³/mol. The molecule has 0 radical (unpaired) electrons. The summed E-state index contributed by atoms with van der Waals surface area (Å²) < 4.78 is 12.3. The summed E-state index contributed by atoms with van der Waals surface area (Å²) in [4.78, 5) is 0. The summed E-state index contributed by atoms with van der Waals surface area (Å²) >= 11 is 3.63. The molecule has 24 heavy (non-hydrogen) atoms. The van der Waals surface area contributed by atoms with Gasteiger partial charge in [-0.3, -0.25) is 0 Å². The molecule has 3 nitrogen and oxygen atoms in total. The maximum Gasteiger partial charge on any atom is 0.166 e. The van der Waals surface area contributed by atoms with Crippen LogP contribution in [0.4, 0.5) is 0 Å². The number of methoxy groups -OCH3 is 1. The molecular weight excluding hydrogens is 366 g/mol. The summed E-state index contributed by atoms with van der Waals surface area (Å²) in [7, 11) is 1.67. The number of halogens is 1. The van der Waals surface area contributed by atoms with E-state index in [-0.39, 0.29) is 0 Å². The molecule has 2 rings (SSSR count). The van der Waals surface area contributed by atoms with Crippen molar-refractivity contribution in [3.05, 3.63) is 58.1 Å². The predicted octanol–water partition coefficient (Wildman–Crippen LogP) is 4.97. The van der Waals surface area contributed by atoms with Gasteiger partial charge in [0.1, 0.15) is 0 Å². The van der Waals surface area contributed by atoms with Crippen molar-refractivity contribution in [2.75, 3.05) is 13.7 Å². The lowest BCUT2D eigenvalue weighted by Crippen LogP contribution is -2.26. The number of hydrogen-bond acceptors (Lipinski definition) is 3. The van der Waals surface area contributed by atoms with Crippen LogP contribution in [0.3, 0.4) is 0 Å². The summed E-state index contributed by atoms with van der Waals surface area (Å²) in [5.74, 6) is 1.59. The second kappa shape index (κ2) is 9.70. The molecule has 0 bridgehead atoms. The molecule has 0 heterocycles. The zero-order chi connectivity index (χ0) is 17.4. The number of ether oxygens (including phenoxy) is 2. The molecule has 1 unspecified atom stereocenters. The highest BCUT2D eigenvalue weighted by molar-refractivity contribution is 9.10. The minimum absolute atomic E-state index is 0.415. The first-order valence-electron chi connectivity index (χ1n) is 8.41. The van der Waals surface area contributed by atoms with E-state index in [2.05, 4.69) is 58.5 Å². The molecule has 0 fully saturated rings. The van der Waals surface area contributed by atoms with E-state index >= 15 is 0 Å². The lowest BCUT2D eigenvalue weighted by atomic mass is 10.1. The molecule has 0 aliphatic carbocycles. The van der Waals surface area contributed by atoms with E-state index < -0.39 is 0 Å². The topological polar surface area (TPSA) is 30.5 Å². The van der Waals surface area contributed by atoms with Crippen molar-refractivity contribution in [3.63, 3.8) is 0 Å². The summed E-state index contributed by atoms with van der Waals surface area (Å²) in [5.41, 5.74) is 2.48. The highest BCUT2D eigenvalue weighted by atomic mass is 79.9. The number of benzene rings is 2. The van der Waals surface area contributed by atoms with Crippen molar-refractivity contribution in [2.24, 2.45) is 0 Å². The third kappa shape index (κ3) is 5.25. The van der Waals surface area contributed by atoms with Gasteiger partial charge >= 0.3 is 0 Å². The van der Waals surface area contributed by atoms with Crippen LogP contribution in [0.25, 0.3) is 0 Å². The summed E-state index contributed by atoms with van der Waals surface area (Å²) in [5, 5.41) is 3.59. The van der Waals surface area contributed by atoms with Crippen LogP contribution in [0.1, 0.15) is 31.4 Å². The molecule has 0 saturated carbocycles. The Morgan fingerprint density at radius 3 is 2.54 bits per heavy atom. The molecule has 0 spiro atoms. The Balaban J connectivity index is 1.97. The van der Waals surface area contributed by atoms with Gasteiger partial charge in [0.2, 0.25) is 0 Å². The molecule has 0 aromatic heterocycles. The minimum Gasteiger partial charge on any atom is -0.493 e. The molecule has 2 aromatic carbocycles. The first kappa shape index (κ1) is 18.8. The Morgan fingerprint density at radius 2 is 1.88 bits per heavy atom. The highest BCUT2D eigenvalue weighted by Gasteiger charge is 2.15. The summed E-state index contributed by atoms with van der Waals surface area (Å²) in [6.45, 7) is 5.56. The van der Waals surface area contributed by atoms with Crippen LogP contribution in [0.15, 0.2) is 46.9 Å². The van der Waals surface area contributed by atoms with Crippen LogP contribution in [0.2, 0.25) is 0 Å². The van der Waals surface area contributed by atoms with Gasteiger partial charge in [0.05, 0.1) is 13.7 Å². The third-order valence-corrected chi connectivity index (χ3v) is 4.75. The Bertz CT molecular complexity index is 631. The number of rotatable bonds is 9. The average Bonchev–Trinajstić information content (AvgIpc) is 2.61. The van der Waals surface area contributed by atoms with Crippen molar-refractivity contribution in [2.45, 2.75) is 39.3 Å². The van der Waals surface area contributed by atoms with Gasteiger partial charge in [-0.25, -0.2) is 0 Å². The van der Waals surface area contributed by atoms with E-state index in [1.807, 2.05) is 19.1 Å². The first-order valence-corrected chi connectivity index (χ1v) is 9.20. The van der Waals surface area contributed by atoms with Crippen molar-refractivity contribution in [3.8, 4) is 11.5 Å². The third-order valence-electron chi connectivity index (χ3n) is 4.01. The van der Waals surface area contributed by atoms with Crippen molar-refractivity contribution >= 4 is 15.9 Å². The van der Waals surface area contributed by atoms with E-state index in [1.54, 1.807) is 7.11 Å². The highest BCUT2D eigenvalue weighted by Crippen LogP contribution is 2.36. The van der Waals surface area contributed by atoms with Gasteiger partial charge in [-0.1, -0.05) is 46.3 Å². The van der Waals surface area contributed by atoms with Crippen LogP contribution in [0, 0.1) is 0 Å². The van der Waals surface area contributed by atoms with E-state index in [0.29, 0.717) is 12.6 Å². The van der Waals surface area contributed by atoms with Crippen LogP contribution in [-0.2, 0) is 13.0 Å². The summed E-state index contributed by atoms with van der Waals surface area (Å²) in [6, 6.07) is 14.9. The van der Waals surface area contributed by atoms with Crippen LogP contribution >= 0.6 is 15.9 Å². The first-order chi connectivity index (χ1) is 11.7. The van der Waals surface area contributed by atoms with Crippen LogP contribution in [-0.4, -0.2) is 19.8 Å². The molecule has 0 aliphatic heterocycles. The van der Waals surface area contributed by atoms with Gasteiger partial charge in [-0.15, -0.1) is 0 Å². The zero-order valence-corrected chi connectivity index (χ0v) is 16.2. The monoisotopic (exact) mass is 391 g/mol. The molecule has 1 N–H and O–H groups in total. The van der Waals surface area contributed by atoms with Gasteiger partial charge in [-0.05, 0) is 44.4 Å². The summed E-state index contributed by atoms with van der Waals surface area (Å²) in [6.07, 6.45) is 2.17. The SMILES string of the molecule is CCOc1c(OC)ccc(Br)c1CNC(C)CCc1ccccc1. The van der Waals surface area contributed by atoms with Crippen molar-refractivity contribution in [1.29, 1.82) is 0 Å². The largest absolute Gasteiger partial charge is 0.493 e. The molecule has 0 aliphatic rings. The van der Waals surface area contributed by atoms with Gasteiger partial charge in [0, 0.05) is 22.6 Å². The van der Waals surface area contributed by atoms with Gasteiger partial charge in [-0.2, -0.15) is 0 Å². The number of aryl methyl sites for hydroxylation is 1. The van der Waals surface area contributed by atoms with Crippen molar-refractivity contribution in [1.82, 2.24) is 5.32 Å². The standard InChI is InChI=1S/C20H26BrNO2/c1-4-24-20-17(18(21)12-13-19(20)23-3)14-22-15(2)10-11-16-8-6-5-7-9-16/h5-9,12-13,15,22H,4,10-11,14H2,1-3H3. The van der Waals surface area contributed by atoms with E-state index in [9.17, 15) is 0 Å². The fraction of sp³-hybridized carbons (Fsp3) is 0.400. The maximum absolute atomic E-state index is 5.81. The van der Waals surface area contributed by atoms with Crippen LogP contribution in [0.5, 0.6) is 11.5 Å². The average molecular weight is 392 g/mol. The number of nitrogens with one attached hydrogen (secondary N) is 1. The molecule has 1 atom stereocenters. The molecule has 0 saturated heterocycles. The van der Waals surface area contributed by atoms with E-state index in [4.69, 9.17) is 9.47 Å². The Morgan fingerprint density at radius 1 is 1.12 bits per heavy atom. The van der Waals surface area contributed by atoms with Gasteiger partial charge in [0.25, 0.3) is 0 Å². The molecular formula is C20H26BrNO2. The molecule has 130 valence electrons. The lowest BCUT2D eigenvalue weighted by Gasteiger charge is -2.19. The van der Waals surface area contributed by atoms with Crippen LogP contribution < -0.4 is 14.8 Å². The molecule has 2 aromatic rings. The van der Waals surface area contributed by atoms with Gasteiger partial charge in [0.15, 0.2) is 11.5 Å². The smallest absolute Gasteiger partial charge is 0.166 e. The minimum atomic E-state index is 0.415. The normalized spacial score (nSPS) is 12.0. The second-order valence-corrected chi connectivity index (χ2v) is 6.65. The van der Waals surface area contributed by atoms with E-state index in [1.165, 1.54) is 5.56 Å². The quantitative estimate of drug-likeness (QED) is 0.654. The Kier molecular flexibility index (Phi) is 7.60. The van der Waals surface area contributed by atoms with Crippen molar-refractivity contribution < 1.29 is 9.47 Å². The lowest BCUT2D eigenvalue weighted by molar-refractivity contribution is 0.305. The maximum atomic E-state index is 5.81. The second-order valence-electron chi connectivity index (χ2n) is 5.80. The molecule has 4 heteroatoms. The fourth-order valence-corrected chi connectivity index (χ4v) is 3.07. The van der Waals surface area contributed by atoms with E-state index in [0.717, 1.165) is 40.9 Å². The Labute approximate surface area is 153 Å². The molecule has 0 amide bonds.